The highest BCUT2D eigenvalue weighted by atomic mass is 19.1. The van der Waals surface area contributed by atoms with E-state index in [-0.39, 0.29) is 16.9 Å². The number of aliphatic hydroxyl groups excluding tert-OH is 1. The van der Waals surface area contributed by atoms with Crippen LogP contribution in [0.4, 0.5) is 4.39 Å². The van der Waals surface area contributed by atoms with Crippen LogP contribution in [0.25, 0.3) is 0 Å². The smallest absolute Gasteiger partial charge is 0.163 e. The minimum absolute atomic E-state index is 0.141. The van der Waals surface area contributed by atoms with Gasteiger partial charge in [-0.1, -0.05) is 12.1 Å². The Kier molecular flexibility index (Phi) is 4.84. The molecule has 0 amide bonds. The summed E-state index contributed by atoms with van der Waals surface area (Å²) in [5.74, 6) is -0.194. The van der Waals surface area contributed by atoms with Gasteiger partial charge in [-0.05, 0) is 76.7 Å². The molecule has 4 rings (SSSR count). The van der Waals surface area contributed by atoms with Gasteiger partial charge in [0.15, 0.2) is 6.35 Å². The number of hydrogen-bond donors (Lipinski definition) is 3. The van der Waals surface area contributed by atoms with Crippen LogP contribution in [-0.2, 0) is 5.54 Å². The maximum atomic E-state index is 13.9. The third-order valence-corrected chi connectivity index (χ3v) is 7.49. The first kappa shape index (κ1) is 19.3. The van der Waals surface area contributed by atoms with Crippen molar-refractivity contribution in [3.63, 3.8) is 0 Å². The fraction of sp³-hybridized carbons (Fsp3) is 0.714. The Morgan fingerprint density at radius 1 is 1.19 bits per heavy atom. The Balaban J connectivity index is 1.57. The topological polar surface area (TPSA) is 59.0 Å². The Hall–Kier alpha value is -1.05. The van der Waals surface area contributed by atoms with Crippen molar-refractivity contribution in [2.24, 2.45) is 0 Å². The molecule has 3 fully saturated rings. The van der Waals surface area contributed by atoms with E-state index in [9.17, 15) is 14.6 Å². The molecule has 1 aromatic rings. The normalized spacial score (nSPS) is 36.3. The number of rotatable bonds is 4. The van der Waals surface area contributed by atoms with Crippen LogP contribution >= 0.6 is 0 Å². The summed E-state index contributed by atoms with van der Waals surface area (Å²) in [6, 6.07) is 6.97. The highest BCUT2D eigenvalue weighted by Gasteiger charge is 2.54. The van der Waals surface area contributed by atoms with Crippen LogP contribution in [-0.4, -0.2) is 64.7 Å². The van der Waals surface area contributed by atoms with Gasteiger partial charge in [0.1, 0.15) is 5.82 Å². The summed E-state index contributed by atoms with van der Waals surface area (Å²) in [5, 5.41) is 24.4. The molecule has 1 saturated heterocycles. The summed E-state index contributed by atoms with van der Waals surface area (Å²) >= 11 is 0. The second-order valence-corrected chi connectivity index (χ2v) is 9.12. The van der Waals surface area contributed by atoms with Crippen molar-refractivity contribution in [2.45, 2.75) is 68.0 Å². The minimum atomic E-state index is -0.698. The summed E-state index contributed by atoms with van der Waals surface area (Å²) < 4.78 is 13.9. The zero-order valence-corrected chi connectivity index (χ0v) is 16.4. The maximum absolute atomic E-state index is 13.9. The molecule has 27 heavy (non-hydrogen) atoms. The molecule has 3 N–H and O–H groups in total. The van der Waals surface area contributed by atoms with Gasteiger partial charge < -0.3 is 10.2 Å². The fourth-order valence-corrected chi connectivity index (χ4v) is 5.43. The lowest BCUT2D eigenvalue weighted by Gasteiger charge is -2.53. The van der Waals surface area contributed by atoms with Crippen molar-refractivity contribution in [2.75, 3.05) is 27.2 Å². The maximum Gasteiger partial charge on any atom is 0.163 e. The second-order valence-electron chi connectivity index (χ2n) is 9.12. The molecular formula is C21H32FN3O2. The van der Waals surface area contributed by atoms with E-state index in [0.29, 0.717) is 6.54 Å². The Bertz CT molecular complexity index is 684. The number of halogens is 1. The van der Waals surface area contributed by atoms with Crippen molar-refractivity contribution in [3.05, 3.63) is 35.6 Å². The number of β-amino-alcohol motifs (C(OH)–C–C–N with tert-alkyl or cyclic N) is 1. The van der Waals surface area contributed by atoms with Crippen molar-refractivity contribution in [1.82, 2.24) is 15.1 Å². The van der Waals surface area contributed by atoms with Crippen molar-refractivity contribution in [1.29, 1.82) is 0 Å². The van der Waals surface area contributed by atoms with Crippen molar-refractivity contribution >= 4 is 0 Å². The van der Waals surface area contributed by atoms with Gasteiger partial charge in [-0.25, -0.2) is 4.39 Å². The molecule has 1 aliphatic heterocycles. The molecule has 1 spiro atoms. The van der Waals surface area contributed by atoms with E-state index in [2.05, 4.69) is 29.2 Å². The average Bonchev–Trinajstić information content (AvgIpc) is 2.91. The first-order valence-electron chi connectivity index (χ1n) is 10.1. The van der Waals surface area contributed by atoms with Gasteiger partial charge in [0, 0.05) is 24.2 Å². The second kappa shape index (κ2) is 6.78. The number of benzene rings is 1. The van der Waals surface area contributed by atoms with Gasteiger partial charge in [-0.2, -0.15) is 0 Å². The predicted octanol–water partition coefficient (Wildman–Crippen LogP) is 1.99. The summed E-state index contributed by atoms with van der Waals surface area (Å²) in [7, 11) is 4.14. The standard InChI is InChI=1S/C21H32FN3O2/c1-24(2)21(16-5-3-6-17(22)13-16)11-9-19(10-12-21)14-23-18(26)25(19)15-20(27)7-4-8-20/h3,5-6,13,18,23,26-27H,4,7-12,14-15H2,1-2H3/t18?,19-,21+. The molecular weight excluding hydrogens is 345 g/mol. The van der Waals surface area contributed by atoms with Crippen molar-refractivity contribution in [3.8, 4) is 0 Å². The van der Waals surface area contributed by atoms with Crippen LogP contribution in [0.15, 0.2) is 24.3 Å². The quantitative estimate of drug-likeness (QED) is 0.749. The lowest BCUT2D eigenvalue weighted by Crippen LogP contribution is -2.60. The van der Waals surface area contributed by atoms with Gasteiger partial charge >= 0.3 is 0 Å². The van der Waals surface area contributed by atoms with E-state index in [4.69, 9.17) is 0 Å². The molecule has 3 aliphatic rings. The third kappa shape index (κ3) is 3.21. The van der Waals surface area contributed by atoms with E-state index in [1.807, 2.05) is 6.07 Å². The summed E-state index contributed by atoms with van der Waals surface area (Å²) in [6.07, 6.45) is 5.60. The molecule has 1 heterocycles. The largest absolute Gasteiger partial charge is 0.389 e. The van der Waals surface area contributed by atoms with E-state index in [1.54, 1.807) is 12.1 Å². The highest BCUT2D eigenvalue weighted by Crippen LogP contribution is 2.49. The zero-order chi connectivity index (χ0) is 19.3. The summed E-state index contributed by atoms with van der Waals surface area (Å²) in [6.45, 7) is 1.26. The van der Waals surface area contributed by atoms with Crippen molar-refractivity contribution < 1.29 is 14.6 Å². The van der Waals surface area contributed by atoms with Gasteiger partial charge in [-0.15, -0.1) is 0 Å². The average molecular weight is 378 g/mol. The molecule has 1 atom stereocenters. The van der Waals surface area contributed by atoms with E-state index in [0.717, 1.165) is 57.1 Å². The Morgan fingerprint density at radius 3 is 2.44 bits per heavy atom. The number of nitrogens with zero attached hydrogens (tertiary/aromatic N) is 2. The molecule has 1 unspecified atom stereocenters. The monoisotopic (exact) mass is 377 g/mol. The summed E-state index contributed by atoms with van der Waals surface area (Å²) in [5.41, 5.74) is 0.0360. The Labute approximate surface area is 161 Å². The molecule has 0 bridgehead atoms. The van der Waals surface area contributed by atoms with Crippen LogP contribution in [0.3, 0.4) is 0 Å². The first-order valence-corrected chi connectivity index (χ1v) is 10.1. The molecule has 1 aromatic carbocycles. The van der Waals surface area contributed by atoms with Crippen LogP contribution in [0, 0.1) is 5.82 Å². The molecule has 6 heteroatoms. The Morgan fingerprint density at radius 2 is 1.89 bits per heavy atom. The van der Waals surface area contributed by atoms with Gasteiger partial charge in [0.25, 0.3) is 0 Å². The third-order valence-electron chi connectivity index (χ3n) is 7.49. The minimum Gasteiger partial charge on any atom is -0.389 e. The molecule has 5 nitrogen and oxygen atoms in total. The first-order chi connectivity index (χ1) is 12.8. The number of aliphatic hydroxyl groups is 2. The molecule has 150 valence electrons. The fourth-order valence-electron chi connectivity index (χ4n) is 5.43. The number of nitrogens with one attached hydrogen (secondary N) is 1. The lowest BCUT2D eigenvalue weighted by atomic mass is 9.68. The van der Waals surface area contributed by atoms with Gasteiger partial charge in [0.2, 0.25) is 0 Å². The van der Waals surface area contributed by atoms with E-state index >= 15 is 0 Å². The van der Waals surface area contributed by atoms with E-state index in [1.165, 1.54) is 6.07 Å². The molecule has 2 saturated carbocycles. The zero-order valence-electron chi connectivity index (χ0n) is 16.4. The highest BCUT2D eigenvalue weighted by molar-refractivity contribution is 5.27. The molecule has 2 aliphatic carbocycles. The molecule has 0 aromatic heterocycles. The van der Waals surface area contributed by atoms with Gasteiger partial charge in [-0.3, -0.25) is 15.1 Å². The van der Waals surface area contributed by atoms with Crippen LogP contribution in [0.5, 0.6) is 0 Å². The number of hydrogen-bond acceptors (Lipinski definition) is 5. The summed E-state index contributed by atoms with van der Waals surface area (Å²) in [4.78, 5) is 4.31. The SMILES string of the molecule is CN(C)[C@]1(c2cccc(F)c2)CC[C@]2(CC1)CNC(O)N2CC1(O)CCC1. The van der Waals surface area contributed by atoms with Crippen LogP contribution in [0.2, 0.25) is 0 Å². The lowest BCUT2D eigenvalue weighted by molar-refractivity contribution is -0.127. The van der Waals surface area contributed by atoms with Gasteiger partial charge in [0.05, 0.1) is 5.60 Å². The van der Waals surface area contributed by atoms with Crippen LogP contribution in [0.1, 0.15) is 50.5 Å². The van der Waals surface area contributed by atoms with E-state index < -0.39 is 12.0 Å². The molecule has 0 radical (unpaired) electrons. The predicted molar refractivity (Wildman–Crippen MR) is 102 cm³/mol. The van der Waals surface area contributed by atoms with Crippen LogP contribution < -0.4 is 5.32 Å².